The molecule has 7 heteroatoms. The van der Waals surface area contributed by atoms with Gasteiger partial charge in [-0.05, 0) is 6.92 Å². The summed E-state index contributed by atoms with van der Waals surface area (Å²) in [6.07, 6.45) is -3.01. The molecule has 0 radical (unpaired) electrons. The summed E-state index contributed by atoms with van der Waals surface area (Å²) < 4.78 is 0. The third-order valence-corrected chi connectivity index (χ3v) is 1.52. The summed E-state index contributed by atoms with van der Waals surface area (Å²) in [6.45, 7) is 1.69. The van der Waals surface area contributed by atoms with E-state index in [0.29, 0.717) is 6.54 Å². The van der Waals surface area contributed by atoms with Gasteiger partial charge in [-0.25, -0.2) is 14.5 Å². The van der Waals surface area contributed by atoms with Crippen molar-refractivity contribution in [1.29, 1.82) is 0 Å². The summed E-state index contributed by atoms with van der Waals surface area (Å²) in [4.78, 5) is 21.1. The van der Waals surface area contributed by atoms with Crippen molar-refractivity contribution in [2.45, 2.75) is 13.0 Å². The summed E-state index contributed by atoms with van der Waals surface area (Å²) in [5.74, 6) is 0. The molecule has 0 aliphatic heterocycles. The van der Waals surface area contributed by atoms with Crippen LogP contribution in [0.2, 0.25) is 0 Å². The lowest BCUT2D eigenvalue weighted by Crippen LogP contribution is -2.44. The Morgan fingerprint density at radius 3 is 2.21 bits per heavy atom. The fourth-order valence-electron chi connectivity index (χ4n) is 0.887. The molecule has 0 fully saturated rings. The predicted octanol–water partition coefficient (Wildman–Crippen LogP) is -0.385. The van der Waals surface area contributed by atoms with Crippen LogP contribution in [0.3, 0.4) is 0 Å². The van der Waals surface area contributed by atoms with E-state index in [1.807, 2.05) is 0 Å². The monoisotopic (exact) mass is 206 g/mol. The van der Waals surface area contributed by atoms with Gasteiger partial charge < -0.3 is 20.6 Å². The normalized spacial score (nSPS) is 12.1. The highest BCUT2D eigenvalue weighted by Gasteiger charge is 2.21. The van der Waals surface area contributed by atoms with Crippen molar-refractivity contribution < 1.29 is 24.9 Å². The van der Waals surface area contributed by atoms with Gasteiger partial charge in [0.1, 0.15) is 0 Å². The van der Waals surface area contributed by atoms with Gasteiger partial charge >= 0.3 is 12.2 Å². The zero-order valence-corrected chi connectivity index (χ0v) is 7.80. The predicted molar refractivity (Wildman–Crippen MR) is 47.3 cm³/mol. The van der Waals surface area contributed by atoms with E-state index in [0.717, 1.165) is 0 Å². The summed E-state index contributed by atoms with van der Waals surface area (Å²) in [7, 11) is 0. The summed E-state index contributed by atoms with van der Waals surface area (Å²) in [5.41, 5.74) is 0. The van der Waals surface area contributed by atoms with Gasteiger partial charge in [0, 0.05) is 12.6 Å². The lowest BCUT2D eigenvalue weighted by atomic mass is 10.3. The standard InChI is InChI=1S/C7H14N2O5/c1-5(8-2-3-10)4-9(6(11)12)7(13)14/h5,8,10H,2-4H2,1H3,(H,11,12)(H,13,14). The molecule has 0 rings (SSSR count). The number of aliphatic hydroxyl groups is 1. The SMILES string of the molecule is CC(CN(C(=O)O)C(=O)O)NCCO. The van der Waals surface area contributed by atoms with Gasteiger partial charge in [0.2, 0.25) is 0 Å². The van der Waals surface area contributed by atoms with E-state index in [9.17, 15) is 9.59 Å². The molecule has 7 nitrogen and oxygen atoms in total. The van der Waals surface area contributed by atoms with Crippen LogP contribution in [0.15, 0.2) is 0 Å². The van der Waals surface area contributed by atoms with Crippen molar-refractivity contribution in [3.63, 3.8) is 0 Å². The molecule has 1 atom stereocenters. The molecule has 0 aromatic rings. The first-order valence-corrected chi connectivity index (χ1v) is 4.06. The van der Waals surface area contributed by atoms with Crippen molar-refractivity contribution in [3.8, 4) is 0 Å². The highest BCUT2D eigenvalue weighted by molar-refractivity contribution is 5.85. The number of carbonyl (C=O) groups is 2. The van der Waals surface area contributed by atoms with E-state index in [2.05, 4.69) is 5.32 Å². The number of imide groups is 1. The van der Waals surface area contributed by atoms with Crippen LogP contribution >= 0.6 is 0 Å². The Balaban J connectivity index is 4.03. The van der Waals surface area contributed by atoms with Gasteiger partial charge in [-0.2, -0.15) is 0 Å². The Morgan fingerprint density at radius 2 is 1.86 bits per heavy atom. The fraction of sp³-hybridized carbons (Fsp3) is 0.714. The first kappa shape index (κ1) is 12.7. The van der Waals surface area contributed by atoms with Crippen LogP contribution in [-0.4, -0.2) is 58.1 Å². The minimum atomic E-state index is -1.50. The first-order chi connectivity index (χ1) is 6.49. The molecule has 0 aliphatic carbocycles. The lowest BCUT2D eigenvalue weighted by Gasteiger charge is -2.19. The maximum Gasteiger partial charge on any atom is 0.416 e. The molecule has 0 saturated carbocycles. The third-order valence-electron chi connectivity index (χ3n) is 1.52. The molecule has 0 spiro atoms. The van der Waals surface area contributed by atoms with E-state index in [-0.39, 0.29) is 24.1 Å². The number of hydrogen-bond acceptors (Lipinski definition) is 4. The van der Waals surface area contributed by atoms with Crippen LogP contribution < -0.4 is 5.32 Å². The van der Waals surface area contributed by atoms with Crippen LogP contribution in [0.4, 0.5) is 9.59 Å². The van der Waals surface area contributed by atoms with Crippen molar-refractivity contribution in [2.75, 3.05) is 19.7 Å². The van der Waals surface area contributed by atoms with Gasteiger partial charge in [0.25, 0.3) is 0 Å². The number of amides is 2. The van der Waals surface area contributed by atoms with Gasteiger partial charge in [-0.1, -0.05) is 0 Å². The summed E-state index contributed by atoms with van der Waals surface area (Å²) in [5, 5.41) is 28.2. The second kappa shape index (κ2) is 6.17. The summed E-state index contributed by atoms with van der Waals surface area (Å²) >= 11 is 0. The average molecular weight is 206 g/mol. The fourth-order valence-corrected chi connectivity index (χ4v) is 0.887. The maximum absolute atomic E-state index is 10.4. The number of rotatable bonds is 5. The second-order valence-corrected chi connectivity index (χ2v) is 2.75. The van der Waals surface area contributed by atoms with Crippen LogP contribution in [0.5, 0.6) is 0 Å². The largest absolute Gasteiger partial charge is 0.465 e. The topological polar surface area (TPSA) is 110 Å². The van der Waals surface area contributed by atoms with Crippen LogP contribution in [-0.2, 0) is 0 Å². The molecule has 0 heterocycles. The molecular formula is C7H14N2O5. The van der Waals surface area contributed by atoms with Gasteiger partial charge in [0.05, 0.1) is 13.2 Å². The highest BCUT2D eigenvalue weighted by Crippen LogP contribution is 1.94. The smallest absolute Gasteiger partial charge is 0.416 e. The van der Waals surface area contributed by atoms with Crippen molar-refractivity contribution >= 4 is 12.2 Å². The molecule has 2 amide bonds. The Morgan fingerprint density at radius 1 is 1.36 bits per heavy atom. The Hall–Kier alpha value is -1.34. The molecule has 0 aromatic heterocycles. The molecule has 82 valence electrons. The zero-order valence-electron chi connectivity index (χ0n) is 7.80. The number of carboxylic acid groups (broad SMARTS) is 2. The molecular weight excluding hydrogens is 192 g/mol. The molecule has 0 aliphatic rings. The van der Waals surface area contributed by atoms with Crippen LogP contribution in [0.25, 0.3) is 0 Å². The minimum absolute atomic E-state index is 0.0789. The zero-order chi connectivity index (χ0) is 11.1. The molecule has 0 saturated heterocycles. The van der Waals surface area contributed by atoms with Crippen LogP contribution in [0, 0.1) is 0 Å². The third kappa shape index (κ3) is 4.63. The van der Waals surface area contributed by atoms with E-state index in [1.54, 1.807) is 6.92 Å². The molecule has 0 bridgehead atoms. The lowest BCUT2D eigenvalue weighted by molar-refractivity contribution is 0.119. The van der Waals surface area contributed by atoms with Crippen molar-refractivity contribution in [1.82, 2.24) is 10.2 Å². The molecule has 1 unspecified atom stereocenters. The summed E-state index contributed by atoms with van der Waals surface area (Å²) in [6, 6.07) is -0.325. The van der Waals surface area contributed by atoms with Gasteiger partial charge in [-0.15, -0.1) is 0 Å². The maximum atomic E-state index is 10.4. The number of nitrogens with zero attached hydrogens (tertiary/aromatic N) is 1. The second-order valence-electron chi connectivity index (χ2n) is 2.75. The van der Waals surface area contributed by atoms with Crippen molar-refractivity contribution in [3.05, 3.63) is 0 Å². The van der Waals surface area contributed by atoms with Crippen LogP contribution in [0.1, 0.15) is 6.92 Å². The Labute approximate surface area is 80.9 Å². The van der Waals surface area contributed by atoms with Crippen molar-refractivity contribution in [2.24, 2.45) is 0 Å². The molecule has 4 N–H and O–H groups in total. The van der Waals surface area contributed by atoms with E-state index >= 15 is 0 Å². The number of aliphatic hydroxyl groups excluding tert-OH is 1. The average Bonchev–Trinajstić information content (AvgIpc) is 2.09. The van der Waals surface area contributed by atoms with E-state index < -0.39 is 12.2 Å². The molecule has 14 heavy (non-hydrogen) atoms. The highest BCUT2D eigenvalue weighted by atomic mass is 16.4. The number of hydrogen-bond donors (Lipinski definition) is 4. The Bertz CT molecular complexity index is 194. The van der Waals surface area contributed by atoms with Gasteiger partial charge in [0.15, 0.2) is 0 Å². The van der Waals surface area contributed by atoms with Gasteiger partial charge in [-0.3, -0.25) is 0 Å². The quantitative estimate of drug-likeness (QED) is 0.488. The Kier molecular flexibility index (Phi) is 5.58. The molecule has 0 aromatic carbocycles. The minimum Gasteiger partial charge on any atom is -0.465 e. The van der Waals surface area contributed by atoms with E-state index in [1.165, 1.54) is 0 Å². The van der Waals surface area contributed by atoms with E-state index in [4.69, 9.17) is 15.3 Å². The number of nitrogens with one attached hydrogen (secondary N) is 1. The first-order valence-electron chi connectivity index (χ1n) is 4.06.